The second-order valence-corrected chi connectivity index (χ2v) is 13.8. The third-order valence-electron chi connectivity index (χ3n) is 10.4. The summed E-state index contributed by atoms with van der Waals surface area (Å²) in [6.45, 7) is 21.7. The molecule has 0 heterocycles. The average Bonchev–Trinajstić information content (AvgIpc) is 3.03. The van der Waals surface area contributed by atoms with Crippen molar-refractivity contribution in [2.45, 2.75) is 170 Å². The van der Waals surface area contributed by atoms with E-state index in [0.717, 1.165) is 48.2 Å². The quantitative estimate of drug-likeness (QED) is 0.0821. The molecule has 46 heavy (non-hydrogen) atoms. The molecule has 0 aliphatic rings. The Hall–Kier alpha value is -0.560. The number of quaternary nitrogens is 2. The topological polar surface area (TPSA) is 58.2 Å². The van der Waals surface area contributed by atoms with Gasteiger partial charge in [0.05, 0.1) is 39.3 Å². The number of carbonyl (C=O) groups is 2. The van der Waals surface area contributed by atoms with Crippen LogP contribution >= 0.6 is 0 Å². The van der Waals surface area contributed by atoms with Crippen LogP contribution in [0.2, 0.25) is 0 Å². The monoisotopic (exact) mass is 695 g/mol. The lowest BCUT2D eigenvalue weighted by molar-refractivity contribution is -0.917. The Morgan fingerprint density at radius 2 is 0.630 bits per heavy atom. The van der Waals surface area contributed by atoms with E-state index in [2.05, 4.69) is 52.2 Å². The van der Waals surface area contributed by atoms with Crippen molar-refractivity contribution in [3.8, 4) is 0 Å². The molecular formula is C38H80Cl2N4O2. The summed E-state index contributed by atoms with van der Waals surface area (Å²) in [6.07, 6.45) is 26.8. The first-order chi connectivity index (χ1) is 21.4. The molecule has 0 fully saturated rings. The number of carbonyl (C=O) groups excluding carboxylic acids is 2. The van der Waals surface area contributed by atoms with E-state index in [4.69, 9.17) is 0 Å². The largest absolute Gasteiger partial charge is 1.00 e. The van der Waals surface area contributed by atoms with Gasteiger partial charge in [-0.05, 0) is 53.4 Å². The van der Waals surface area contributed by atoms with Gasteiger partial charge in [0.15, 0.2) is 13.1 Å². The maximum absolute atomic E-state index is 12.9. The molecule has 278 valence electrons. The zero-order valence-electron chi connectivity index (χ0n) is 31.7. The Labute approximate surface area is 300 Å². The Bertz CT molecular complexity index is 617. The van der Waals surface area contributed by atoms with Gasteiger partial charge < -0.3 is 44.4 Å². The van der Waals surface area contributed by atoms with Crippen molar-refractivity contribution in [1.82, 2.24) is 10.6 Å². The Morgan fingerprint density at radius 1 is 0.391 bits per heavy atom. The molecule has 0 aliphatic carbocycles. The van der Waals surface area contributed by atoms with Crippen molar-refractivity contribution < 1.29 is 43.4 Å². The summed E-state index contributed by atoms with van der Waals surface area (Å²) in [6, 6.07) is 0. The van der Waals surface area contributed by atoms with Gasteiger partial charge in [0.1, 0.15) is 0 Å². The molecule has 0 radical (unpaired) electrons. The maximum atomic E-state index is 12.9. The van der Waals surface area contributed by atoms with Crippen LogP contribution in [0.5, 0.6) is 0 Å². The third kappa shape index (κ3) is 26.4. The smallest absolute Gasteiger partial charge is 0.275 e. The van der Waals surface area contributed by atoms with Crippen LogP contribution in [0.3, 0.4) is 0 Å². The predicted molar refractivity (Wildman–Crippen MR) is 192 cm³/mol. The lowest BCUT2D eigenvalue weighted by Gasteiger charge is -2.36. The molecule has 0 aliphatic heterocycles. The number of hydrogen-bond acceptors (Lipinski definition) is 2. The van der Waals surface area contributed by atoms with Gasteiger partial charge in [0.2, 0.25) is 0 Å². The molecule has 0 unspecified atom stereocenters. The van der Waals surface area contributed by atoms with Crippen molar-refractivity contribution in [2.75, 3.05) is 65.4 Å². The van der Waals surface area contributed by atoms with Gasteiger partial charge in [-0.15, -0.1) is 0 Å². The fraction of sp³-hybridized carbons (Fsp3) is 0.947. The molecule has 0 rings (SSSR count). The van der Waals surface area contributed by atoms with Gasteiger partial charge in [-0.25, -0.2) is 0 Å². The predicted octanol–water partition coefficient (Wildman–Crippen LogP) is 2.78. The third-order valence-corrected chi connectivity index (χ3v) is 10.4. The van der Waals surface area contributed by atoms with Crippen LogP contribution in [0.4, 0.5) is 0 Å². The van der Waals surface area contributed by atoms with Crippen molar-refractivity contribution in [1.29, 1.82) is 0 Å². The summed E-state index contributed by atoms with van der Waals surface area (Å²) in [4.78, 5) is 25.7. The minimum atomic E-state index is 0. The molecule has 0 saturated carbocycles. The van der Waals surface area contributed by atoms with Crippen LogP contribution in [-0.2, 0) is 9.59 Å². The molecule has 2 N–H and O–H groups in total. The van der Waals surface area contributed by atoms with Crippen molar-refractivity contribution >= 4 is 11.8 Å². The second kappa shape index (κ2) is 34.3. The fourth-order valence-corrected chi connectivity index (χ4v) is 6.68. The van der Waals surface area contributed by atoms with Crippen molar-refractivity contribution in [2.24, 2.45) is 0 Å². The molecule has 0 aromatic heterocycles. The molecule has 0 bridgehead atoms. The van der Waals surface area contributed by atoms with Crippen LogP contribution in [0.1, 0.15) is 170 Å². The van der Waals surface area contributed by atoms with Gasteiger partial charge in [0.25, 0.3) is 11.8 Å². The number of nitrogens with one attached hydrogen (secondary N) is 2. The van der Waals surface area contributed by atoms with E-state index in [1.807, 2.05) is 0 Å². The lowest BCUT2D eigenvalue weighted by atomic mass is 10.1. The van der Waals surface area contributed by atoms with Crippen LogP contribution in [0, 0.1) is 0 Å². The summed E-state index contributed by atoms with van der Waals surface area (Å²) in [7, 11) is 0. The van der Waals surface area contributed by atoms with E-state index < -0.39 is 0 Å². The number of rotatable bonds is 33. The zero-order valence-corrected chi connectivity index (χ0v) is 33.2. The molecule has 0 saturated heterocycles. The van der Waals surface area contributed by atoms with Crippen LogP contribution in [0.25, 0.3) is 0 Å². The van der Waals surface area contributed by atoms with E-state index in [0.29, 0.717) is 26.2 Å². The first kappa shape index (κ1) is 49.8. The fourth-order valence-electron chi connectivity index (χ4n) is 6.68. The van der Waals surface area contributed by atoms with Gasteiger partial charge in [-0.3, -0.25) is 9.59 Å². The normalized spacial score (nSPS) is 11.5. The summed E-state index contributed by atoms with van der Waals surface area (Å²) in [5.41, 5.74) is 0. The first-order valence-corrected chi connectivity index (χ1v) is 19.6. The molecule has 2 amide bonds. The van der Waals surface area contributed by atoms with Gasteiger partial charge in [-0.2, -0.15) is 0 Å². The van der Waals surface area contributed by atoms with Gasteiger partial charge in [0, 0.05) is 13.1 Å². The van der Waals surface area contributed by atoms with E-state index >= 15 is 0 Å². The number of amides is 2. The van der Waals surface area contributed by atoms with E-state index in [9.17, 15) is 9.59 Å². The Balaban J connectivity index is -0.00000924. The van der Waals surface area contributed by atoms with Crippen molar-refractivity contribution in [3.63, 3.8) is 0 Å². The van der Waals surface area contributed by atoms with E-state index in [1.165, 1.54) is 128 Å². The van der Waals surface area contributed by atoms with Crippen LogP contribution in [-0.4, -0.2) is 86.2 Å². The molecule has 6 nitrogen and oxygen atoms in total. The summed E-state index contributed by atoms with van der Waals surface area (Å²) >= 11 is 0. The van der Waals surface area contributed by atoms with Crippen LogP contribution in [0.15, 0.2) is 0 Å². The zero-order chi connectivity index (χ0) is 32.8. The van der Waals surface area contributed by atoms with Crippen molar-refractivity contribution in [3.05, 3.63) is 0 Å². The van der Waals surface area contributed by atoms with E-state index in [1.54, 1.807) is 0 Å². The van der Waals surface area contributed by atoms with E-state index in [-0.39, 0.29) is 36.6 Å². The molecule has 0 spiro atoms. The highest BCUT2D eigenvalue weighted by Crippen LogP contribution is 2.15. The number of nitrogens with zero attached hydrogens (tertiary/aromatic N) is 2. The number of hydrogen-bond donors (Lipinski definition) is 2. The Kier molecular flexibility index (Phi) is 37.2. The van der Waals surface area contributed by atoms with Gasteiger partial charge in [-0.1, -0.05) is 117 Å². The number of halogens is 2. The summed E-state index contributed by atoms with van der Waals surface area (Å²) in [5.74, 6) is 0.228. The van der Waals surface area contributed by atoms with Gasteiger partial charge >= 0.3 is 0 Å². The summed E-state index contributed by atoms with van der Waals surface area (Å²) < 4.78 is 1.72. The molecule has 0 atom stereocenters. The summed E-state index contributed by atoms with van der Waals surface area (Å²) in [5, 5.41) is 6.18. The molecule has 0 aromatic rings. The Morgan fingerprint density at radius 3 is 0.870 bits per heavy atom. The SMILES string of the molecule is CCCCCCCCCCCC[N+](CC)(CC)CC(=O)NCCNC(=O)C[N+](CC)(CC)CCCCCCCCCCCC.[Cl-].[Cl-]. The highest BCUT2D eigenvalue weighted by Gasteiger charge is 2.27. The molecule has 8 heteroatoms. The standard InChI is InChI=1S/C38H78N4O2.2ClH/c1-7-13-15-17-19-21-23-25-27-29-33-41(9-3,10-4)35-37(43)39-31-32-40-38(44)36-42(11-5,12-6)34-30-28-26-24-22-20-18-16-14-8-2;;/h7-36H2,1-6H3;2*1H. The number of unbranched alkanes of at least 4 members (excludes halogenated alkanes) is 18. The second-order valence-electron chi connectivity index (χ2n) is 13.8. The highest BCUT2D eigenvalue weighted by atomic mass is 35.5. The highest BCUT2D eigenvalue weighted by molar-refractivity contribution is 5.78. The first-order valence-electron chi connectivity index (χ1n) is 19.6. The minimum Gasteiger partial charge on any atom is -1.00 e. The lowest BCUT2D eigenvalue weighted by Crippen LogP contribution is -3.00. The maximum Gasteiger partial charge on any atom is 0.275 e. The molecule has 0 aromatic carbocycles. The minimum absolute atomic E-state index is 0. The number of likely N-dealkylation sites (N-methyl/N-ethyl adjacent to an activating group) is 2. The van der Waals surface area contributed by atoms with Crippen LogP contribution < -0.4 is 35.4 Å². The molecular weight excluding hydrogens is 615 g/mol. The average molecular weight is 696 g/mol.